The Bertz CT molecular complexity index is 671. The number of benzene rings is 1. The normalized spacial score (nSPS) is 11.9. The Morgan fingerprint density at radius 1 is 0.931 bits per heavy atom. The number of rotatable bonds is 15. The maximum Gasteiger partial charge on any atom is 0.244 e. The van der Waals surface area contributed by atoms with E-state index >= 15 is 0 Å². The van der Waals surface area contributed by atoms with Crippen molar-refractivity contribution >= 4 is 5.91 Å². The third-order valence-electron chi connectivity index (χ3n) is 4.51. The van der Waals surface area contributed by atoms with E-state index in [0.29, 0.717) is 6.54 Å². The van der Waals surface area contributed by atoms with Gasteiger partial charge in [-0.2, -0.15) is 0 Å². The third-order valence-corrected chi connectivity index (χ3v) is 4.51. The minimum Gasteiger partial charge on any atom is -0.497 e. The van der Waals surface area contributed by atoms with E-state index in [0.717, 1.165) is 17.7 Å². The van der Waals surface area contributed by atoms with Gasteiger partial charge in [0.05, 0.1) is 7.11 Å². The summed E-state index contributed by atoms with van der Waals surface area (Å²) in [5.41, 5.74) is 1.01. The van der Waals surface area contributed by atoms with Gasteiger partial charge in [0, 0.05) is 12.6 Å². The van der Waals surface area contributed by atoms with Crippen molar-refractivity contribution in [2.75, 3.05) is 7.11 Å². The first kappa shape index (κ1) is 24.5. The van der Waals surface area contributed by atoms with Crippen LogP contribution in [0.1, 0.15) is 63.9 Å². The Labute approximate surface area is 177 Å². The van der Waals surface area contributed by atoms with Gasteiger partial charge < -0.3 is 10.1 Å². The number of hydrogen-bond donors (Lipinski definition) is 1. The van der Waals surface area contributed by atoms with Crippen LogP contribution in [0.4, 0.5) is 0 Å². The molecule has 1 aromatic carbocycles. The molecule has 3 nitrogen and oxygen atoms in total. The Kier molecular flexibility index (Phi) is 14.8. The standard InChI is InChI=1S/C26H37NO2/c1-3-4-5-6-7-8-9-10-11-12-13-14-15-16-17-21-26(28)27-23-24-19-18-20-25(22-24)29-2/h11-22H,3-10,23H2,1-2H3,(H,27,28). The highest BCUT2D eigenvalue weighted by molar-refractivity contribution is 5.87. The van der Waals surface area contributed by atoms with Crippen molar-refractivity contribution in [2.24, 2.45) is 0 Å². The lowest BCUT2D eigenvalue weighted by Gasteiger charge is -2.04. The molecule has 0 fully saturated rings. The van der Waals surface area contributed by atoms with E-state index in [1.54, 1.807) is 13.2 Å². The summed E-state index contributed by atoms with van der Waals surface area (Å²) >= 11 is 0. The molecule has 0 aliphatic heterocycles. The molecule has 0 heterocycles. The Balaban J connectivity index is 2.10. The maximum absolute atomic E-state index is 11.8. The second-order valence-electron chi connectivity index (χ2n) is 7.04. The zero-order valence-corrected chi connectivity index (χ0v) is 18.1. The minimum absolute atomic E-state index is 0.115. The van der Waals surface area contributed by atoms with Crippen molar-refractivity contribution < 1.29 is 9.53 Å². The molecule has 29 heavy (non-hydrogen) atoms. The maximum atomic E-state index is 11.8. The largest absolute Gasteiger partial charge is 0.497 e. The van der Waals surface area contributed by atoms with Crippen LogP contribution in [0.15, 0.2) is 72.9 Å². The molecule has 1 rings (SSSR count). The molecule has 1 N–H and O–H groups in total. The fourth-order valence-corrected chi connectivity index (χ4v) is 2.82. The number of ether oxygens (including phenoxy) is 1. The van der Waals surface area contributed by atoms with Gasteiger partial charge in [0.25, 0.3) is 0 Å². The first-order valence-corrected chi connectivity index (χ1v) is 10.8. The molecule has 0 aliphatic carbocycles. The van der Waals surface area contributed by atoms with Crippen molar-refractivity contribution in [3.05, 3.63) is 78.4 Å². The number of amides is 1. The lowest BCUT2D eigenvalue weighted by molar-refractivity contribution is -0.116. The molecular weight excluding hydrogens is 358 g/mol. The quantitative estimate of drug-likeness (QED) is 0.204. The molecule has 158 valence electrons. The summed E-state index contributed by atoms with van der Waals surface area (Å²) < 4.78 is 5.17. The highest BCUT2D eigenvalue weighted by Gasteiger charge is 1.98. The number of unbranched alkanes of at least 4 members (excludes halogenated alkanes) is 7. The molecule has 0 unspecified atom stereocenters. The van der Waals surface area contributed by atoms with E-state index in [4.69, 9.17) is 4.74 Å². The fraction of sp³-hybridized carbons (Fsp3) is 0.423. The molecule has 0 radical (unpaired) electrons. The molecule has 0 saturated carbocycles. The summed E-state index contributed by atoms with van der Waals surface area (Å²) in [6.07, 6.45) is 25.9. The first-order valence-electron chi connectivity index (χ1n) is 10.8. The highest BCUT2D eigenvalue weighted by Crippen LogP contribution is 2.12. The number of carbonyl (C=O) groups is 1. The van der Waals surface area contributed by atoms with Gasteiger partial charge in [0.15, 0.2) is 0 Å². The van der Waals surface area contributed by atoms with Crippen LogP contribution in [0.5, 0.6) is 5.75 Å². The number of nitrogens with one attached hydrogen (secondary N) is 1. The van der Waals surface area contributed by atoms with Gasteiger partial charge in [-0.1, -0.05) is 100 Å². The van der Waals surface area contributed by atoms with Crippen LogP contribution in [0.2, 0.25) is 0 Å². The molecule has 1 amide bonds. The van der Waals surface area contributed by atoms with Gasteiger partial charge in [-0.25, -0.2) is 0 Å². The number of methoxy groups -OCH3 is 1. The third kappa shape index (κ3) is 14.1. The molecule has 0 saturated heterocycles. The molecule has 1 aromatic rings. The monoisotopic (exact) mass is 395 g/mol. The molecule has 0 aliphatic rings. The van der Waals surface area contributed by atoms with E-state index in [1.807, 2.05) is 48.6 Å². The highest BCUT2D eigenvalue weighted by atomic mass is 16.5. The van der Waals surface area contributed by atoms with E-state index in [9.17, 15) is 4.79 Å². The predicted octanol–water partition coefficient (Wildman–Crippen LogP) is 6.68. The summed E-state index contributed by atoms with van der Waals surface area (Å²) in [5.74, 6) is 0.675. The molecule has 0 aromatic heterocycles. The smallest absolute Gasteiger partial charge is 0.244 e. The van der Waals surface area contributed by atoms with Crippen molar-refractivity contribution in [2.45, 2.75) is 64.8 Å². The second-order valence-corrected chi connectivity index (χ2v) is 7.04. The van der Waals surface area contributed by atoms with E-state index < -0.39 is 0 Å². The zero-order valence-electron chi connectivity index (χ0n) is 18.1. The molecule has 3 heteroatoms. The second kappa shape index (κ2) is 17.5. The minimum atomic E-state index is -0.115. The van der Waals surface area contributed by atoms with Crippen LogP contribution in [-0.2, 0) is 11.3 Å². The van der Waals surface area contributed by atoms with Crippen LogP contribution in [-0.4, -0.2) is 13.0 Å². The van der Waals surface area contributed by atoms with Crippen molar-refractivity contribution in [3.63, 3.8) is 0 Å². The molecule has 0 bridgehead atoms. The summed E-state index contributed by atoms with van der Waals surface area (Å²) in [6, 6.07) is 7.66. The molecule has 0 spiro atoms. The van der Waals surface area contributed by atoms with Crippen LogP contribution in [0.3, 0.4) is 0 Å². The van der Waals surface area contributed by atoms with E-state index in [1.165, 1.54) is 51.0 Å². The average molecular weight is 396 g/mol. The topological polar surface area (TPSA) is 38.3 Å². The number of allylic oxidation sites excluding steroid dienone is 7. The lowest BCUT2D eigenvalue weighted by Crippen LogP contribution is -2.20. The predicted molar refractivity (Wildman–Crippen MR) is 124 cm³/mol. The van der Waals surface area contributed by atoms with Crippen LogP contribution >= 0.6 is 0 Å². The van der Waals surface area contributed by atoms with E-state index in [2.05, 4.69) is 24.4 Å². The van der Waals surface area contributed by atoms with Crippen molar-refractivity contribution in [1.29, 1.82) is 0 Å². The van der Waals surface area contributed by atoms with Gasteiger partial charge in [0.2, 0.25) is 5.91 Å². The van der Waals surface area contributed by atoms with Gasteiger partial charge in [-0.15, -0.1) is 0 Å². The Hall–Kier alpha value is -2.55. The Morgan fingerprint density at radius 3 is 2.38 bits per heavy atom. The van der Waals surface area contributed by atoms with Gasteiger partial charge in [0.1, 0.15) is 5.75 Å². The van der Waals surface area contributed by atoms with Gasteiger partial charge in [-0.05, 0) is 30.5 Å². The summed E-state index contributed by atoms with van der Waals surface area (Å²) in [6.45, 7) is 2.74. The lowest BCUT2D eigenvalue weighted by atomic mass is 10.1. The summed E-state index contributed by atoms with van der Waals surface area (Å²) in [7, 11) is 1.63. The van der Waals surface area contributed by atoms with Crippen LogP contribution < -0.4 is 10.1 Å². The van der Waals surface area contributed by atoms with E-state index in [-0.39, 0.29) is 5.91 Å². The van der Waals surface area contributed by atoms with Crippen LogP contribution in [0, 0.1) is 0 Å². The SMILES string of the molecule is CCCCCCCCCC=CC=CC=CC=CC(=O)NCc1cccc(OC)c1. The van der Waals surface area contributed by atoms with Crippen molar-refractivity contribution in [1.82, 2.24) is 5.32 Å². The van der Waals surface area contributed by atoms with Gasteiger partial charge >= 0.3 is 0 Å². The van der Waals surface area contributed by atoms with Crippen molar-refractivity contribution in [3.8, 4) is 5.75 Å². The zero-order chi connectivity index (χ0) is 21.0. The van der Waals surface area contributed by atoms with Crippen LogP contribution in [0.25, 0.3) is 0 Å². The fourth-order valence-electron chi connectivity index (χ4n) is 2.82. The summed E-state index contributed by atoms with van der Waals surface area (Å²) in [4.78, 5) is 11.8. The summed E-state index contributed by atoms with van der Waals surface area (Å²) in [5, 5.41) is 2.86. The molecular formula is C26H37NO2. The van der Waals surface area contributed by atoms with Gasteiger partial charge in [-0.3, -0.25) is 4.79 Å². The number of carbonyl (C=O) groups excluding carboxylic acids is 1. The molecule has 0 atom stereocenters. The Morgan fingerprint density at radius 2 is 1.62 bits per heavy atom. The average Bonchev–Trinajstić information content (AvgIpc) is 2.75. The number of hydrogen-bond acceptors (Lipinski definition) is 2. The first-order chi connectivity index (χ1) is 14.3.